The summed E-state index contributed by atoms with van der Waals surface area (Å²) >= 11 is 0. The van der Waals surface area contributed by atoms with Crippen LogP contribution in [0.5, 0.6) is 11.5 Å². The Bertz CT molecular complexity index is 417. The lowest BCUT2D eigenvalue weighted by Gasteiger charge is -2.22. The van der Waals surface area contributed by atoms with Crippen molar-refractivity contribution in [3.05, 3.63) is 18.0 Å². The van der Waals surface area contributed by atoms with Gasteiger partial charge >= 0.3 is 0 Å². The quantitative estimate of drug-likeness (QED) is 0.815. The average molecular weight is 249 g/mol. The van der Waals surface area contributed by atoms with Gasteiger partial charge in [0.2, 0.25) is 0 Å². The van der Waals surface area contributed by atoms with Crippen LogP contribution in [0.15, 0.2) is 12.3 Å². The molecule has 1 aliphatic rings. The predicted molar refractivity (Wildman–Crippen MR) is 72.4 cm³/mol. The van der Waals surface area contributed by atoms with Crippen molar-refractivity contribution in [1.29, 1.82) is 0 Å². The van der Waals surface area contributed by atoms with E-state index >= 15 is 0 Å². The Labute approximate surface area is 110 Å². The molecule has 0 atom stereocenters. The SMILES string of the molecule is CC(C)Oc1cnc(C(C)(C)C)c(OC2CC2)c1. The third-order valence-electron chi connectivity index (χ3n) is 2.73. The molecule has 0 unspecified atom stereocenters. The van der Waals surface area contributed by atoms with Gasteiger partial charge < -0.3 is 9.47 Å². The first kappa shape index (κ1) is 13.2. The molecule has 1 aliphatic carbocycles. The molecule has 0 aliphatic heterocycles. The van der Waals surface area contributed by atoms with E-state index in [4.69, 9.17) is 9.47 Å². The molecule has 0 spiro atoms. The van der Waals surface area contributed by atoms with Gasteiger partial charge in [0, 0.05) is 11.5 Å². The van der Waals surface area contributed by atoms with Crippen LogP contribution < -0.4 is 9.47 Å². The summed E-state index contributed by atoms with van der Waals surface area (Å²) in [6, 6.07) is 1.98. The molecule has 1 aromatic heterocycles. The topological polar surface area (TPSA) is 31.4 Å². The van der Waals surface area contributed by atoms with E-state index in [1.54, 1.807) is 6.20 Å². The van der Waals surface area contributed by atoms with Crippen molar-refractivity contribution in [2.24, 2.45) is 0 Å². The summed E-state index contributed by atoms with van der Waals surface area (Å²) in [6.07, 6.45) is 4.63. The third kappa shape index (κ3) is 3.37. The maximum Gasteiger partial charge on any atom is 0.145 e. The van der Waals surface area contributed by atoms with Crippen LogP contribution >= 0.6 is 0 Å². The average Bonchev–Trinajstić information content (AvgIpc) is 2.98. The number of hydrogen-bond acceptors (Lipinski definition) is 3. The number of hydrogen-bond donors (Lipinski definition) is 0. The maximum atomic E-state index is 5.96. The largest absolute Gasteiger partial charge is 0.489 e. The smallest absolute Gasteiger partial charge is 0.145 e. The number of nitrogens with zero attached hydrogens (tertiary/aromatic N) is 1. The zero-order valence-electron chi connectivity index (χ0n) is 12.0. The van der Waals surface area contributed by atoms with Crippen molar-refractivity contribution in [2.45, 2.75) is 65.1 Å². The standard InChI is InChI=1S/C15H23NO2/c1-10(2)17-12-8-13(18-11-6-7-11)14(16-9-12)15(3,4)5/h8-11H,6-7H2,1-5H3. The van der Waals surface area contributed by atoms with Crippen LogP contribution in [-0.4, -0.2) is 17.2 Å². The molecule has 1 saturated carbocycles. The van der Waals surface area contributed by atoms with Crippen LogP contribution in [0.25, 0.3) is 0 Å². The lowest BCUT2D eigenvalue weighted by atomic mass is 9.91. The molecule has 0 bridgehead atoms. The summed E-state index contributed by atoms with van der Waals surface area (Å²) in [6.45, 7) is 10.5. The molecule has 1 fully saturated rings. The van der Waals surface area contributed by atoms with Crippen LogP contribution in [0.3, 0.4) is 0 Å². The lowest BCUT2D eigenvalue weighted by molar-refractivity contribution is 0.236. The zero-order chi connectivity index (χ0) is 13.3. The van der Waals surface area contributed by atoms with Crippen molar-refractivity contribution in [2.75, 3.05) is 0 Å². The second-order valence-corrected chi connectivity index (χ2v) is 6.25. The Balaban J connectivity index is 2.28. The lowest BCUT2D eigenvalue weighted by Crippen LogP contribution is -2.17. The first-order valence-corrected chi connectivity index (χ1v) is 6.70. The summed E-state index contributed by atoms with van der Waals surface area (Å²) in [7, 11) is 0. The maximum absolute atomic E-state index is 5.96. The Kier molecular flexibility index (Phi) is 3.51. The molecular weight excluding hydrogens is 226 g/mol. The minimum absolute atomic E-state index is 0.0133. The van der Waals surface area contributed by atoms with E-state index in [9.17, 15) is 0 Å². The molecule has 0 radical (unpaired) electrons. The monoisotopic (exact) mass is 249 g/mol. The predicted octanol–water partition coefficient (Wildman–Crippen LogP) is 3.71. The van der Waals surface area contributed by atoms with Crippen molar-refractivity contribution >= 4 is 0 Å². The van der Waals surface area contributed by atoms with E-state index in [-0.39, 0.29) is 11.5 Å². The van der Waals surface area contributed by atoms with E-state index < -0.39 is 0 Å². The van der Waals surface area contributed by atoms with E-state index in [1.807, 2.05) is 19.9 Å². The molecular formula is C15H23NO2. The Morgan fingerprint density at radius 1 is 1.28 bits per heavy atom. The molecule has 0 saturated heterocycles. The van der Waals surface area contributed by atoms with Crippen molar-refractivity contribution < 1.29 is 9.47 Å². The van der Waals surface area contributed by atoms with Crippen LogP contribution in [0.2, 0.25) is 0 Å². The van der Waals surface area contributed by atoms with Gasteiger partial charge in [-0.1, -0.05) is 20.8 Å². The highest BCUT2D eigenvalue weighted by Gasteiger charge is 2.28. The first-order valence-electron chi connectivity index (χ1n) is 6.70. The van der Waals surface area contributed by atoms with Gasteiger partial charge in [-0.15, -0.1) is 0 Å². The summed E-state index contributed by atoms with van der Waals surface area (Å²) in [4.78, 5) is 4.53. The molecule has 2 rings (SSSR count). The van der Waals surface area contributed by atoms with Gasteiger partial charge in [-0.3, -0.25) is 4.98 Å². The molecule has 18 heavy (non-hydrogen) atoms. The van der Waals surface area contributed by atoms with E-state index in [0.29, 0.717) is 6.10 Å². The number of rotatable bonds is 4. The molecule has 100 valence electrons. The highest BCUT2D eigenvalue weighted by molar-refractivity contribution is 5.39. The molecule has 0 amide bonds. The highest BCUT2D eigenvalue weighted by Crippen LogP contribution is 2.36. The molecule has 3 nitrogen and oxygen atoms in total. The Hall–Kier alpha value is -1.25. The molecule has 3 heteroatoms. The van der Waals surface area contributed by atoms with Gasteiger partial charge in [-0.25, -0.2) is 0 Å². The zero-order valence-corrected chi connectivity index (χ0v) is 12.0. The minimum Gasteiger partial charge on any atom is -0.489 e. The van der Waals surface area contributed by atoms with Gasteiger partial charge in [0.15, 0.2) is 0 Å². The molecule has 0 N–H and O–H groups in total. The fourth-order valence-electron chi connectivity index (χ4n) is 1.78. The van der Waals surface area contributed by atoms with Gasteiger partial charge in [0.25, 0.3) is 0 Å². The van der Waals surface area contributed by atoms with E-state index in [0.717, 1.165) is 30.0 Å². The normalized spacial score (nSPS) is 15.9. The third-order valence-corrected chi connectivity index (χ3v) is 2.73. The second kappa shape index (κ2) is 4.79. The fourth-order valence-corrected chi connectivity index (χ4v) is 1.78. The molecule has 1 heterocycles. The summed E-state index contributed by atoms with van der Waals surface area (Å²) < 4.78 is 11.6. The van der Waals surface area contributed by atoms with Gasteiger partial charge in [0.1, 0.15) is 11.5 Å². The molecule has 1 aromatic rings. The van der Waals surface area contributed by atoms with Crippen LogP contribution in [0, 0.1) is 0 Å². The Morgan fingerprint density at radius 2 is 1.94 bits per heavy atom. The Morgan fingerprint density at radius 3 is 2.44 bits per heavy atom. The van der Waals surface area contributed by atoms with Crippen LogP contribution in [-0.2, 0) is 5.41 Å². The van der Waals surface area contributed by atoms with Crippen molar-refractivity contribution in [3.8, 4) is 11.5 Å². The minimum atomic E-state index is -0.0133. The number of ether oxygens (including phenoxy) is 2. The van der Waals surface area contributed by atoms with Gasteiger partial charge in [-0.05, 0) is 26.7 Å². The second-order valence-electron chi connectivity index (χ2n) is 6.25. The summed E-state index contributed by atoms with van der Waals surface area (Å²) in [5, 5.41) is 0. The summed E-state index contributed by atoms with van der Waals surface area (Å²) in [5.74, 6) is 1.66. The van der Waals surface area contributed by atoms with Gasteiger partial charge in [0.05, 0.1) is 24.1 Å². The number of aromatic nitrogens is 1. The first-order chi connectivity index (χ1) is 8.36. The van der Waals surface area contributed by atoms with Crippen molar-refractivity contribution in [3.63, 3.8) is 0 Å². The molecule has 0 aromatic carbocycles. The number of pyridine rings is 1. The van der Waals surface area contributed by atoms with Gasteiger partial charge in [-0.2, -0.15) is 0 Å². The fraction of sp³-hybridized carbons (Fsp3) is 0.667. The van der Waals surface area contributed by atoms with Crippen LogP contribution in [0.4, 0.5) is 0 Å². The van der Waals surface area contributed by atoms with Crippen molar-refractivity contribution in [1.82, 2.24) is 4.98 Å². The van der Waals surface area contributed by atoms with E-state index in [2.05, 4.69) is 25.8 Å². The highest BCUT2D eigenvalue weighted by atomic mass is 16.5. The summed E-state index contributed by atoms with van der Waals surface area (Å²) in [5.41, 5.74) is 0.992. The van der Waals surface area contributed by atoms with E-state index in [1.165, 1.54) is 0 Å². The van der Waals surface area contributed by atoms with Crippen LogP contribution in [0.1, 0.15) is 53.2 Å².